The third-order valence-electron chi connectivity index (χ3n) is 4.80. The zero-order chi connectivity index (χ0) is 24.2. The molecule has 3 rings (SSSR count). The molecule has 1 fully saturated rings. The molecular formula is C23H28N4O5S. The molecule has 9 nitrogen and oxygen atoms in total. The fourth-order valence-corrected chi connectivity index (χ4v) is 4.10. The van der Waals surface area contributed by atoms with Crippen LogP contribution >= 0.6 is 11.3 Å². The average molecular weight is 473 g/mol. The van der Waals surface area contributed by atoms with Gasteiger partial charge in [0.15, 0.2) is 5.75 Å². The number of thiazole rings is 1. The normalized spacial score (nSPS) is 13.9. The Balaban J connectivity index is 1.78. The third-order valence-corrected chi connectivity index (χ3v) is 5.81. The number of rotatable bonds is 5. The van der Waals surface area contributed by atoms with Gasteiger partial charge in [-0.25, -0.2) is 14.6 Å². The number of hydrogen-bond acceptors (Lipinski definition) is 9. The lowest BCUT2D eigenvalue weighted by atomic mass is 10.1. The Labute approximate surface area is 197 Å². The topological polar surface area (TPSA) is 105 Å². The van der Waals surface area contributed by atoms with Crippen molar-refractivity contribution in [3.63, 3.8) is 0 Å². The van der Waals surface area contributed by atoms with Crippen molar-refractivity contribution in [1.29, 1.82) is 5.26 Å². The molecule has 1 aliphatic rings. The van der Waals surface area contributed by atoms with E-state index in [9.17, 15) is 14.9 Å². The van der Waals surface area contributed by atoms with Gasteiger partial charge in [-0.2, -0.15) is 5.26 Å². The molecule has 0 spiro atoms. The molecule has 0 radical (unpaired) electrons. The van der Waals surface area contributed by atoms with Gasteiger partial charge in [0.25, 0.3) is 5.19 Å². The maximum Gasteiger partial charge on any atom is 0.410 e. The van der Waals surface area contributed by atoms with Crippen LogP contribution in [0.25, 0.3) is 0 Å². The highest BCUT2D eigenvalue weighted by Crippen LogP contribution is 2.36. The lowest BCUT2D eigenvalue weighted by molar-refractivity contribution is 0.0240. The molecule has 0 saturated carbocycles. The smallest absolute Gasteiger partial charge is 0.410 e. The molecule has 1 amide bonds. The summed E-state index contributed by atoms with van der Waals surface area (Å²) in [5.41, 5.74) is 1.21. The van der Waals surface area contributed by atoms with Crippen LogP contribution in [0.4, 0.5) is 10.5 Å². The summed E-state index contributed by atoms with van der Waals surface area (Å²) in [6.07, 6.45) is -0.330. The van der Waals surface area contributed by atoms with Crippen LogP contribution in [0.1, 0.15) is 48.6 Å². The number of carbonyl (C=O) groups excluding carboxylic acids is 2. The number of aromatic nitrogens is 1. The number of hydrogen-bond donors (Lipinski definition) is 0. The Bertz CT molecular complexity index is 1060. The molecule has 2 heterocycles. The molecule has 0 bridgehead atoms. The monoisotopic (exact) mass is 472 g/mol. The number of amides is 1. The van der Waals surface area contributed by atoms with Crippen LogP contribution in [0, 0.1) is 18.3 Å². The molecule has 0 aliphatic carbocycles. The summed E-state index contributed by atoms with van der Waals surface area (Å²) < 4.78 is 16.6. The van der Waals surface area contributed by atoms with Crippen molar-refractivity contribution in [2.24, 2.45) is 0 Å². The standard InChI is InChI=1S/C23H28N4O5S/c1-6-30-20(28)19-15(2)25-21(33-19)31-18-13-16(14-24)7-8-17(18)26-9-11-27(12-10-26)22(29)32-23(3,4)5/h7-8,13H,6,9-12H2,1-5H3. The summed E-state index contributed by atoms with van der Waals surface area (Å²) in [5.74, 6) is 0.0236. The van der Waals surface area contributed by atoms with Crippen molar-refractivity contribution in [1.82, 2.24) is 9.88 Å². The molecule has 0 unspecified atom stereocenters. The largest absolute Gasteiger partial charge is 0.462 e. The molecular weight excluding hydrogens is 444 g/mol. The van der Waals surface area contributed by atoms with Crippen molar-refractivity contribution >= 4 is 29.1 Å². The molecule has 1 aliphatic heterocycles. The fraction of sp³-hybridized carbons (Fsp3) is 0.478. The predicted octanol–water partition coefficient (Wildman–Crippen LogP) is 4.35. The van der Waals surface area contributed by atoms with Crippen LogP contribution in [0.3, 0.4) is 0 Å². The zero-order valence-corrected chi connectivity index (χ0v) is 20.3. The first kappa shape index (κ1) is 24.3. The second kappa shape index (κ2) is 10.1. The van der Waals surface area contributed by atoms with E-state index in [0.717, 1.165) is 17.0 Å². The number of piperazine rings is 1. The van der Waals surface area contributed by atoms with Crippen molar-refractivity contribution in [2.45, 2.75) is 40.2 Å². The fourth-order valence-electron chi connectivity index (χ4n) is 3.28. The number of aryl methyl sites for hydroxylation is 1. The van der Waals surface area contributed by atoms with Gasteiger partial charge in [0, 0.05) is 32.2 Å². The maximum atomic E-state index is 12.4. The number of esters is 1. The van der Waals surface area contributed by atoms with Crippen LogP contribution in [0.5, 0.6) is 10.9 Å². The number of ether oxygens (including phenoxy) is 3. The minimum Gasteiger partial charge on any atom is -0.462 e. The van der Waals surface area contributed by atoms with Gasteiger partial charge in [0.1, 0.15) is 10.5 Å². The number of benzene rings is 1. The first-order chi connectivity index (χ1) is 15.6. The van der Waals surface area contributed by atoms with Crippen molar-refractivity contribution in [3.8, 4) is 17.0 Å². The maximum absolute atomic E-state index is 12.4. The Morgan fingerprint density at radius 3 is 2.52 bits per heavy atom. The summed E-state index contributed by atoms with van der Waals surface area (Å²) in [6.45, 7) is 11.4. The summed E-state index contributed by atoms with van der Waals surface area (Å²) in [6, 6.07) is 7.31. The minimum absolute atomic E-state index is 0.274. The first-order valence-corrected chi connectivity index (χ1v) is 11.5. The molecule has 1 aromatic carbocycles. The molecule has 10 heteroatoms. The highest BCUT2D eigenvalue weighted by molar-refractivity contribution is 7.15. The number of nitriles is 1. The van der Waals surface area contributed by atoms with Gasteiger partial charge in [-0.05, 0) is 46.8 Å². The second-order valence-electron chi connectivity index (χ2n) is 8.47. The van der Waals surface area contributed by atoms with Crippen LogP contribution in [0.2, 0.25) is 0 Å². The second-order valence-corrected chi connectivity index (χ2v) is 9.43. The van der Waals surface area contributed by atoms with E-state index in [4.69, 9.17) is 14.2 Å². The van der Waals surface area contributed by atoms with Crippen molar-refractivity contribution in [3.05, 3.63) is 34.3 Å². The summed E-state index contributed by atoms with van der Waals surface area (Å²) in [5, 5.41) is 9.64. The van der Waals surface area contributed by atoms with E-state index in [-0.39, 0.29) is 12.7 Å². The van der Waals surface area contributed by atoms with Crippen molar-refractivity contribution < 1.29 is 23.8 Å². The van der Waals surface area contributed by atoms with Crippen LogP contribution in [-0.2, 0) is 9.47 Å². The molecule has 0 atom stereocenters. The Morgan fingerprint density at radius 2 is 1.91 bits per heavy atom. The van der Waals surface area contributed by atoms with E-state index in [0.29, 0.717) is 53.3 Å². The van der Waals surface area contributed by atoms with E-state index < -0.39 is 11.6 Å². The highest BCUT2D eigenvalue weighted by atomic mass is 32.1. The molecule has 1 aromatic heterocycles. The minimum atomic E-state index is -0.545. The summed E-state index contributed by atoms with van der Waals surface area (Å²) in [4.78, 5) is 33.0. The molecule has 176 valence electrons. The number of carbonyl (C=O) groups is 2. The van der Waals surface area contributed by atoms with Crippen LogP contribution in [0.15, 0.2) is 18.2 Å². The molecule has 2 aromatic rings. The van der Waals surface area contributed by atoms with Crippen molar-refractivity contribution in [2.75, 3.05) is 37.7 Å². The molecule has 1 saturated heterocycles. The first-order valence-electron chi connectivity index (χ1n) is 10.7. The summed E-state index contributed by atoms with van der Waals surface area (Å²) in [7, 11) is 0. The van der Waals surface area contributed by atoms with E-state index in [1.54, 1.807) is 30.9 Å². The van der Waals surface area contributed by atoms with Gasteiger partial charge >= 0.3 is 12.1 Å². The lowest BCUT2D eigenvalue weighted by Crippen LogP contribution is -2.50. The van der Waals surface area contributed by atoms with Gasteiger partial charge in [-0.1, -0.05) is 11.3 Å². The third kappa shape index (κ3) is 6.14. The van der Waals surface area contributed by atoms with E-state index >= 15 is 0 Å². The summed E-state index contributed by atoms with van der Waals surface area (Å²) >= 11 is 1.10. The Morgan fingerprint density at radius 1 is 1.21 bits per heavy atom. The lowest BCUT2D eigenvalue weighted by Gasteiger charge is -2.37. The van der Waals surface area contributed by atoms with E-state index in [2.05, 4.69) is 16.0 Å². The highest BCUT2D eigenvalue weighted by Gasteiger charge is 2.27. The quantitative estimate of drug-likeness (QED) is 0.592. The Hall–Kier alpha value is -3.32. The average Bonchev–Trinajstić information content (AvgIpc) is 3.13. The van der Waals surface area contributed by atoms with Crippen LogP contribution < -0.4 is 9.64 Å². The van der Waals surface area contributed by atoms with Gasteiger partial charge in [-0.15, -0.1) is 0 Å². The van der Waals surface area contributed by atoms with Gasteiger partial charge in [0.05, 0.1) is 29.6 Å². The molecule has 0 N–H and O–H groups in total. The Kier molecular flexibility index (Phi) is 7.43. The van der Waals surface area contributed by atoms with Gasteiger partial charge < -0.3 is 24.0 Å². The van der Waals surface area contributed by atoms with Crippen LogP contribution in [-0.4, -0.2) is 60.3 Å². The van der Waals surface area contributed by atoms with Gasteiger partial charge in [0.2, 0.25) is 0 Å². The molecule has 33 heavy (non-hydrogen) atoms. The number of anilines is 1. The van der Waals surface area contributed by atoms with Gasteiger partial charge in [-0.3, -0.25) is 0 Å². The SMILES string of the molecule is CCOC(=O)c1sc(Oc2cc(C#N)ccc2N2CCN(C(=O)OC(C)(C)C)CC2)nc1C. The van der Waals surface area contributed by atoms with E-state index in [1.807, 2.05) is 26.8 Å². The predicted molar refractivity (Wildman–Crippen MR) is 124 cm³/mol. The van der Waals surface area contributed by atoms with E-state index in [1.165, 1.54) is 0 Å². The zero-order valence-electron chi connectivity index (χ0n) is 19.5. The number of nitrogens with zero attached hydrogens (tertiary/aromatic N) is 4.